The molecule has 1 aromatic rings. The number of guanidine groups is 1. The van der Waals surface area contributed by atoms with Crippen LogP contribution < -0.4 is 15.8 Å². The number of nitrogens with one attached hydrogen (secondary N) is 1. The van der Waals surface area contributed by atoms with Gasteiger partial charge in [0.2, 0.25) is 0 Å². The molecule has 4 nitrogen and oxygen atoms in total. The fourth-order valence-electron chi connectivity index (χ4n) is 2.36. The maximum Gasteiger partial charge on any atom is 0.188 e. The first-order valence-corrected chi connectivity index (χ1v) is 7.56. The quantitative estimate of drug-likeness (QED) is 0.329. The van der Waals surface area contributed by atoms with Gasteiger partial charge >= 0.3 is 0 Å². The summed E-state index contributed by atoms with van der Waals surface area (Å²) in [6.45, 7) is 1.06. The van der Waals surface area contributed by atoms with Crippen molar-refractivity contribution in [2.45, 2.75) is 38.1 Å². The zero-order valence-electron chi connectivity index (χ0n) is 12.1. The summed E-state index contributed by atoms with van der Waals surface area (Å²) in [4.78, 5) is 4.28. The third-order valence-electron chi connectivity index (χ3n) is 3.41. The van der Waals surface area contributed by atoms with Crippen LogP contribution in [0.2, 0.25) is 5.02 Å². The van der Waals surface area contributed by atoms with Crippen LogP contribution in [0.5, 0.6) is 5.75 Å². The van der Waals surface area contributed by atoms with Crippen LogP contribution in [-0.2, 0) is 0 Å². The lowest BCUT2D eigenvalue weighted by Crippen LogP contribution is -2.41. The summed E-state index contributed by atoms with van der Waals surface area (Å²) in [6.07, 6.45) is 6.29. The molecule has 21 heavy (non-hydrogen) atoms. The molecule has 2 rings (SSSR count). The van der Waals surface area contributed by atoms with Crippen molar-refractivity contribution in [2.24, 2.45) is 10.7 Å². The van der Waals surface area contributed by atoms with Gasteiger partial charge in [-0.2, -0.15) is 0 Å². The maximum absolute atomic E-state index is 5.87. The predicted octanol–water partition coefficient (Wildman–Crippen LogP) is 3.57. The lowest BCUT2D eigenvalue weighted by atomic mass is 9.96. The van der Waals surface area contributed by atoms with Gasteiger partial charge in [-0.1, -0.05) is 30.9 Å². The summed E-state index contributed by atoms with van der Waals surface area (Å²) in [5, 5.41) is 3.98. The average molecular weight is 424 g/mol. The van der Waals surface area contributed by atoms with Crippen molar-refractivity contribution in [3.05, 3.63) is 29.3 Å². The minimum Gasteiger partial charge on any atom is -0.492 e. The van der Waals surface area contributed by atoms with Crippen molar-refractivity contribution in [1.29, 1.82) is 0 Å². The van der Waals surface area contributed by atoms with Crippen molar-refractivity contribution in [3.8, 4) is 5.75 Å². The monoisotopic (exact) mass is 423 g/mol. The summed E-state index contributed by atoms with van der Waals surface area (Å²) in [7, 11) is 0. The van der Waals surface area contributed by atoms with Crippen molar-refractivity contribution in [3.63, 3.8) is 0 Å². The van der Waals surface area contributed by atoms with Gasteiger partial charge in [-0.25, -0.2) is 4.99 Å². The Hall–Kier alpha value is -0.690. The zero-order valence-corrected chi connectivity index (χ0v) is 15.1. The van der Waals surface area contributed by atoms with Crippen LogP contribution in [0.15, 0.2) is 29.3 Å². The van der Waals surface area contributed by atoms with E-state index in [1.807, 2.05) is 12.1 Å². The molecule has 1 aliphatic carbocycles. The van der Waals surface area contributed by atoms with E-state index in [0.29, 0.717) is 30.2 Å². The first-order valence-electron chi connectivity index (χ1n) is 7.19. The Balaban J connectivity index is 0.00000220. The number of nitrogens with two attached hydrogens (primary N) is 1. The standard InChI is InChI=1S/C15H22ClN3O.HI/c16-12-6-8-14(9-7-12)20-11-10-18-15(17)19-13-4-2-1-3-5-13;/h6-9,13H,1-5,10-11H2,(H3,17,18,19);1H. The number of nitrogens with zero attached hydrogens (tertiary/aromatic N) is 1. The van der Waals surface area contributed by atoms with Crippen LogP contribution in [0, 0.1) is 0 Å². The van der Waals surface area contributed by atoms with Crippen LogP contribution in [0.25, 0.3) is 0 Å². The van der Waals surface area contributed by atoms with E-state index in [1.165, 1.54) is 32.1 Å². The van der Waals surface area contributed by atoms with E-state index < -0.39 is 0 Å². The topological polar surface area (TPSA) is 59.6 Å². The van der Waals surface area contributed by atoms with Gasteiger partial charge in [-0.3, -0.25) is 0 Å². The van der Waals surface area contributed by atoms with Crippen molar-refractivity contribution < 1.29 is 4.74 Å². The molecule has 0 bridgehead atoms. The fourth-order valence-corrected chi connectivity index (χ4v) is 2.49. The van der Waals surface area contributed by atoms with E-state index in [-0.39, 0.29) is 24.0 Å². The molecule has 118 valence electrons. The molecule has 0 aliphatic heterocycles. The van der Waals surface area contributed by atoms with Crippen LogP contribution in [-0.4, -0.2) is 25.2 Å². The number of hydrogen-bond acceptors (Lipinski definition) is 2. The largest absolute Gasteiger partial charge is 0.492 e. The van der Waals surface area contributed by atoms with E-state index >= 15 is 0 Å². The molecule has 0 radical (unpaired) electrons. The molecule has 1 aromatic carbocycles. The molecule has 1 aliphatic rings. The Morgan fingerprint density at radius 3 is 2.57 bits per heavy atom. The van der Waals surface area contributed by atoms with Gasteiger partial charge in [0.1, 0.15) is 12.4 Å². The Labute approximate surface area is 148 Å². The maximum atomic E-state index is 5.87. The van der Waals surface area contributed by atoms with E-state index in [9.17, 15) is 0 Å². The molecule has 0 amide bonds. The smallest absolute Gasteiger partial charge is 0.188 e. The van der Waals surface area contributed by atoms with Gasteiger partial charge in [0.05, 0.1) is 6.54 Å². The molecule has 0 aromatic heterocycles. The van der Waals surface area contributed by atoms with Crippen LogP contribution in [0.3, 0.4) is 0 Å². The van der Waals surface area contributed by atoms with Crippen LogP contribution >= 0.6 is 35.6 Å². The summed E-state index contributed by atoms with van der Waals surface area (Å²) in [6, 6.07) is 7.79. The van der Waals surface area contributed by atoms with Gasteiger partial charge in [0.25, 0.3) is 0 Å². The zero-order chi connectivity index (χ0) is 14.2. The third-order valence-corrected chi connectivity index (χ3v) is 3.66. The number of benzene rings is 1. The minimum atomic E-state index is 0. The second kappa shape index (κ2) is 10.1. The Morgan fingerprint density at radius 2 is 1.90 bits per heavy atom. The molecule has 0 unspecified atom stereocenters. The van der Waals surface area contributed by atoms with Gasteiger partial charge in [0.15, 0.2) is 5.96 Å². The third kappa shape index (κ3) is 7.22. The molecule has 0 heterocycles. The molecule has 0 saturated heterocycles. The van der Waals surface area contributed by atoms with E-state index in [4.69, 9.17) is 22.1 Å². The highest BCUT2D eigenvalue weighted by molar-refractivity contribution is 14.0. The number of halogens is 2. The second-order valence-electron chi connectivity index (χ2n) is 5.05. The first kappa shape index (κ1) is 18.4. The highest BCUT2D eigenvalue weighted by Gasteiger charge is 2.12. The average Bonchev–Trinajstić information content (AvgIpc) is 2.46. The normalized spacial score (nSPS) is 16.1. The highest BCUT2D eigenvalue weighted by atomic mass is 127. The summed E-state index contributed by atoms with van der Waals surface area (Å²) in [5.74, 6) is 1.32. The first-order chi connectivity index (χ1) is 9.74. The lowest BCUT2D eigenvalue weighted by molar-refractivity contribution is 0.328. The number of hydrogen-bond donors (Lipinski definition) is 2. The van der Waals surface area contributed by atoms with E-state index in [2.05, 4.69) is 10.3 Å². The molecule has 0 atom stereocenters. The molecule has 1 fully saturated rings. The highest BCUT2D eigenvalue weighted by Crippen LogP contribution is 2.17. The van der Waals surface area contributed by atoms with Gasteiger partial charge in [0, 0.05) is 11.1 Å². The second-order valence-corrected chi connectivity index (χ2v) is 5.49. The number of rotatable bonds is 5. The Morgan fingerprint density at radius 1 is 1.24 bits per heavy atom. The van der Waals surface area contributed by atoms with Crippen molar-refractivity contribution in [2.75, 3.05) is 13.2 Å². The summed E-state index contributed by atoms with van der Waals surface area (Å²) >= 11 is 5.80. The Bertz CT molecular complexity index is 433. The molecular weight excluding hydrogens is 401 g/mol. The molecule has 3 N–H and O–H groups in total. The fraction of sp³-hybridized carbons (Fsp3) is 0.533. The summed E-state index contributed by atoms with van der Waals surface area (Å²) < 4.78 is 5.55. The van der Waals surface area contributed by atoms with Crippen molar-refractivity contribution >= 4 is 41.5 Å². The van der Waals surface area contributed by atoms with E-state index in [0.717, 1.165) is 5.75 Å². The van der Waals surface area contributed by atoms with Gasteiger partial charge in [-0.15, -0.1) is 24.0 Å². The predicted molar refractivity (Wildman–Crippen MR) is 98.9 cm³/mol. The van der Waals surface area contributed by atoms with Crippen molar-refractivity contribution in [1.82, 2.24) is 5.32 Å². The van der Waals surface area contributed by atoms with Crippen LogP contribution in [0.1, 0.15) is 32.1 Å². The van der Waals surface area contributed by atoms with Gasteiger partial charge in [-0.05, 0) is 37.1 Å². The molecule has 1 saturated carbocycles. The minimum absolute atomic E-state index is 0. The SMILES string of the molecule is I.NC(=NCCOc1ccc(Cl)cc1)NC1CCCCC1. The molecule has 6 heteroatoms. The van der Waals surface area contributed by atoms with E-state index in [1.54, 1.807) is 12.1 Å². The summed E-state index contributed by atoms with van der Waals surface area (Å²) in [5.41, 5.74) is 5.87. The number of aliphatic imine (C=N–C) groups is 1. The van der Waals surface area contributed by atoms with Gasteiger partial charge < -0.3 is 15.8 Å². The van der Waals surface area contributed by atoms with Crippen LogP contribution in [0.4, 0.5) is 0 Å². The molecule has 0 spiro atoms. The number of ether oxygens (including phenoxy) is 1. The molecular formula is C15H23ClIN3O. The lowest BCUT2D eigenvalue weighted by Gasteiger charge is -2.23. The Kier molecular flexibility index (Phi) is 8.84.